The largest absolute Gasteiger partial charge is 0.496 e. The van der Waals surface area contributed by atoms with Crippen LogP contribution in [-0.4, -0.2) is 30.0 Å². The van der Waals surface area contributed by atoms with Crippen LogP contribution in [0.15, 0.2) is 18.3 Å². The van der Waals surface area contributed by atoms with Crippen molar-refractivity contribution in [2.75, 3.05) is 24.8 Å². The topological polar surface area (TPSA) is 102 Å². The van der Waals surface area contributed by atoms with Gasteiger partial charge in [0.2, 0.25) is 5.95 Å². The van der Waals surface area contributed by atoms with E-state index in [2.05, 4.69) is 20.6 Å². The second kappa shape index (κ2) is 6.25. The van der Waals surface area contributed by atoms with E-state index in [0.29, 0.717) is 17.0 Å². The molecule has 7 nitrogen and oxygen atoms in total. The number of nitrogens with two attached hydrogens (primary N) is 1. The summed E-state index contributed by atoms with van der Waals surface area (Å²) in [5.74, 6) is -0.607. The third-order valence-corrected chi connectivity index (χ3v) is 3.10. The van der Waals surface area contributed by atoms with Crippen molar-refractivity contribution in [1.82, 2.24) is 9.97 Å². The van der Waals surface area contributed by atoms with Crippen LogP contribution >= 0.6 is 0 Å². The molecule has 2 rings (SSSR count). The van der Waals surface area contributed by atoms with Gasteiger partial charge in [-0.05, 0) is 19.1 Å². The molecule has 0 unspecified atom stereocenters. The Labute approximate surface area is 126 Å². The zero-order valence-electron chi connectivity index (χ0n) is 12.4. The summed E-state index contributed by atoms with van der Waals surface area (Å²) >= 11 is 0. The standard InChI is InChI=1S/C14H16FN5O2/c1-7-10(22-3)5-4-9(11(7)12(16)21)19-13-8(15)6-18-14(17-2)20-13/h4-6H,1-3H3,(H2,16,21)(H2,17,18,19,20). The fraction of sp³-hybridized carbons (Fsp3) is 0.214. The van der Waals surface area contributed by atoms with E-state index in [-0.39, 0.29) is 17.3 Å². The molecule has 1 heterocycles. The first-order valence-corrected chi connectivity index (χ1v) is 6.42. The molecule has 0 saturated carbocycles. The molecule has 0 aliphatic rings. The summed E-state index contributed by atoms with van der Waals surface area (Å²) in [5, 5.41) is 5.47. The lowest BCUT2D eigenvalue weighted by atomic mass is 10.0. The third-order valence-electron chi connectivity index (χ3n) is 3.10. The maximum Gasteiger partial charge on any atom is 0.251 e. The van der Waals surface area contributed by atoms with Crippen LogP contribution < -0.4 is 21.1 Å². The van der Waals surface area contributed by atoms with Crippen LogP contribution in [0.25, 0.3) is 0 Å². The third kappa shape index (κ3) is 2.90. The number of aromatic nitrogens is 2. The minimum Gasteiger partial charge on any atom is -0.496 e. The number of nitrogens with zero attached hydrogens (tertiary/aromatic N) is 2. The van der Waals surface area contributed by atoms with E-state index in [1.165, 1.54) is 7.11 Å². The van der Waals surface area contributed by atoms with Crippen molar-refractivity contribution >= 4 is 23.4 Å². The molecule has 0 radical (unpaired) electrons. The summed E-state index contributed by atoms with van der Waals surface area (Å²) in [6.07, 6.45) is 1.03. The fourth-order valence-electron chi connectivity index (χ4n) is 2.04. The fourth-order valence-corrected chi connectivity index (χ4v) is 2.04. The first-order valence-electron chi connectivity index (χ1n) is 6.42. The number of halogens is 1. The van der Waals surface area contributed by atoms with Gasteiger partial charge in [-0.2, -0.15) is 4.98 Å². The summed E-state index contributed by atoms with van der Waals surface area (Å²) in [6.45, 7) is 1.69. The van der Waals surface area contributed by atoms with Crippen molar-refractivity contribution < 1.29 is 13.9 Å². The van der Waals surface area contributed by atoms with Gasteiger partial charge in [0.15, 0.2) is 11.6 Å². The van der Waals surface area contributed by atoms with Crippen LogP contribution in [0.1, 0.15) is 15.9 Å². The van der Waals surface area contributed by atoms with E-state index >= 15 is 0 Å². The van der Waals surface area contributed by atoms with Gasteiger partial charge < -0.3 is 21.1 Å². The lowest BCUT2D eigenvalue weighted by molar-refractivity contribution is 0.1000. The average molecular weight is 305 g/mol. The molecule has 0 atom stereocenters. The SMILES string of the molecule is CNc1ncc(F)c(Nc2ccc(OC)c(C)c2C(N)=O)n1. The van der Waals surface area contributed by atoms with Crippen molar-refractivity contribution in [3.05, 3.63) is 35.3 Å². The van der Waals surface area contributed by atoms with Crippen molar-refractivity contribution in [3.8, 4) is 5.75 Å². The Hall–Kier alpha value is -2.90. The molecule has 0 fully saturated rings. The average Bonchev–Trinajstić information content (AvgIpc) is 2.49. The molecule has 0 aliphatic carbocycles. The highest BCUT2D eigenvalue weighted by Crippen LogP contribution is 2.30. The number of anilines is 3. The van der Waals surface area contributed by atoms with Crippen LogP contribution in [0.2, 0.25) is 0 Å². The molecule has 1 amide bonds. The molecular weight excluding hydrogens is 289 g/mol. The van der Waals surface area contributed by atoms with E-state index in [1.807, 2.05) is 0 Å². The molecule has 1 aromatic heterocycles. The van der Waals surface area contributed by atoms with Crippen LogP contribution in [0.4, 0.5) is 21.8 Å². The molecule has 0 bridgehead atoms. The Morgan fingerprint density at radius 2 is 2.14 bits per heavy atom. The number of primary amides is 1. The number of rotatable bonds is 5. The van der Waals surface area contributed by atoms with Gasteiger partial charge in [-0.1, -0.05) is 0 Å². The zero-order valence-corrected chi connectivity index (χ0v) is 12.4. The molecule has 0 saturated heterocycles. The molecule has 8 heteroatoms. The number of carbonyl (C=O) groups is 1. The highest BCUT2D eigenvalue weighted by molar-refractivity contribution is 6.01. The summed E-state index contributed by atoms with van der Waals surface area (Å²) in [7, 11) is 3.10. The summed E-state index contributed by atoms with van der Waals surface area (Å²) in [5.41, 5.74) is 6.52. The zero-order chi connectivity index (χ0) is 16.3. The van der Waals surface area contributed by atoms with Crippen LogP contribution in [-0.2, 0) is 0 Å². The van der Waals surface area contributed by atoms with Crippen molar-refractivity contribution in [1.29, 1.82) is 0 Å². The quantitative estimate of drug-likeness (QED) is 0.778. The number of ether oxygens (including phenoxy) is 1. The van der Waals surface area contributed by atoms with E-state index < -0.39 is 11.7 Å². The lowest BCUT2D eigenvalue weighted by Gasteiger charge is -2.15. The Morgan fingerprint density at radius 3 is 2.73 bits per heavy atom. The highest BCUT2D eigenvalue weighted by atomic mass is 19.1. The van der Waals surface area contributed by atoms with Crippen LogP contribution in [0, 0.1) is 12.7 Å². The van der Waals surface area contributed by atoms with Crippen molar-refractivity contribution in [3.63, 3.8) is 0 Å². The van der Waals surface area contributed by atoms with Crippen molar-refractivity contribution in [2.24, 2.45) is 5.73 Å². The molecule has 0 aliphatic heterocycles. The van der Waals surface area contributed by atoms with Gasteiger partial charge in [0.25, 0.3) is 5.91 Å². The molecule has 116 valence electrons. The van der Waals surface area contributed by atoms with Gasteiger partial charge >= 0.3 is 0 Å². The summed E-state index contributed by atoms with van der Waals surface area (Å²) in [4.78, 5) is 19.4. The number of benzene rings is 1. The molecular formula is C14H16FN5O2. The smallest absolute Gasteiger partial charge is 0.251 e. The van der Waals surface area contributed by atoms with Gasteiger partial charge in [-0.25, -0.2) is 9.37 Å². The first kappa shape index (κ1) is 15.5. The monoisotopic (exact) mass is 305 g/mol. The van der Waals surface area contributed by atoms with Gasteiger partial charge in [0, 0.05) is 12.6 Å². The van der Waals surface area contributed by atoms with Gasteiger partial charge in [-0.3, -0.25) is 4.79 Å². The molecule has 4 N–H and O–H groups in total. The second-order valence-corrected chi connectivity index (χ2v) is 4.44. The molecule has 0 spiro atoms. The second-order valence-electron chi connectivity index (χ2n) is 4.44. The lowest BCUT2D eigenvalue weighted by Crippen LogP contribution is -2.16. The van der Waals surface area contributed by atoms with Crippen LogP contribution in [0.5, 0.6) is 5.75 Å². The number of hydrogen-bond donors (Lipinski definition) is 3. The van der Waals surface area contributed by atoms with E-state index in [0.717, 1.165) is 6.20 Å². The van der Waals surface area contributed by atoms with Crippen molar-refractivity contribution in [2.45, 2.75) is 6.92 Å². The normalized spacial score (nSPS) is 10.2. The first-order chi connectivity index (χ1) is 10.5. The Balaban J connectivity index is 2.50. The molecule has 1 aromatic carbocycles. The minimum absolute atomic E-state index is 0.0635. The maximum atomic E-state index is 13.8. The molecule has 22 heavy (non-hydrogen) atoms. The van der Waals surface area contributed by atoms with Crippen LogP contribution in [0.3, 0.4) is 0 Å². The molecule has 2 aromatic rings. The van der Waals surface area contributed by atoms with E-state index in [1.54, 1.807) is 26.1 Å². The Morgan fingerprint density at radius 1 is 1.41 bits per heavy atom. The summed E-state index contributed by atoms with van der Waals surface area (Å²) < 4.78 is 19.0. The number of amides is 1. The number of methoxy groups -OCH3 is 1. The number of nitrogens with one attached hydrogen (secondary N) is 2. The van der Waals surface area contributed by atoms with E-state index in [4.69, 9.17) is 10.5 Å². The van der Waals surface area contributed by atoms with Gasteiger partial charge in [-0.15, -0.1) is 0 Å². The predicted octanol–water partition coefficient (Wildman–Crippen LogP) is 1.82. The predicted molar refractivity (Wildman–Crippen MR) is 81.1 cm³/mol. The van der Waals surface area contributed by atoms with E-state index in [9.17, 15) is 9.18 Å². The maximum absolute atomic E-state index is 13.8. The van der Waals surface area contributed by atoms with Gasteiger partial charge in [0.1, 0.15) is 5.75 Å². The van der Waals surface area contributed by atoms with Gasteiger partial charge in [0.05, 0.1) is 24.6 Å². The number of hydrogen-bond acceptors (Lipinski definition) is 6. The Bertz CT molecular complexity index is 721. The summed E-state index contributed by atoms with van der Waals surface area (Å²) in [6, 6.07) is 3.23. The number of carbonyl (C=O) groups excluding carboxylic acids is 1. The Kier molecular flexibility index (Phi) is 4.40. The minimum atomic E-state index is -0.651. The highest BCUT2D eigenvalue weighted by Gasteiger charge is 2.17.